The zero-order valence-electron chi connectivity index (χ0n) is 14.5. The SMILES string of the molecule is O=C(c1cccnc1)N(c1ccc2oc(=O)sc2c1)S(=O)(=O)c1ccc(Cl)cc1. The van der Waals surface area contributed by atoms with Gasteiger partial charge in [-0.2, -0.15) is 4.31 Å². The fraction of sp³-hybridized carbons (Fsp3) is 0. The smallest absolute Gasteiger partial charge is 0.396 e. The van der Waals surface area contributed by atoms with Crippen LogP contribution in [0.5, 0.6) is 0 Å². The Bertz CT molecular complexity index is 1360. The first-order chi connectivity index (χ1) is 13.9. The molecule has 0 aliphatic carbocycles. The number of sulfonamides is 1. The van der Waals surface area contributed by atoms with Gasteiger partial charge in [0.15, 0.2) is 0 Å². The molecule has 4 aromatic rings. The molecule has 0 aliphatic heterocycles. The predicted octanol–water partition coefficient (Wildman–Crippen LogP) is 3.94. The van der Waals surface area contributed by atoms with E-state index in [4.69, 9.17) is 16.0 Å². The zero-order valence-corrected chi connectivity index (χ0v) is 16.9. The van der Waals surface area contributed by atoms with E-state index in [0.717, 1.165) is 11.3 Å². The number of hydrogen-bond acceptors (Lipinski definition) is 7. The first kappa shape index (κ1) is 19.3. The standard InChI is InChI=1S/C19H11ClN2O5S2/c20-13-3-6-15(7-4-13)29(25,26)22(18(23)12-2-1-9-21-11-12)14-5-8-16-17(10-14)28-19(24)27-16/h1-11H. The van der Waals surface area contributed by atoms with Crippen LogP contribution in [0, 0.1) is 0 Å². The van der Waals surface area contributed by atoms with Gasteiger partial charge in [0.25, 0.3) is 15.9 Å². The van der Waals surface area contributed by atoms with Crippen LogP contribution < -0.4 is 9.24 Å². The molecule has 146 valence electrons. The number of benzene rings is 2. The monoisotopic (exact) mass is 446 g/mol. The van der Waals surface area contributed by atoms with E-state index in [1.54, 1.807) is 0 Å². The zero-order chi connectivity index (χ0) is 20.6. The fourth-order valence-corrected chi connectivity index (χ4v) is 4.90. The Labute approximate surface area is 173 Å². The van der Waals surface area contributed by atoms with Gasteiger partial charge in [0.2, 0.25) is 0 Å². The predicted molar refractivity (Wildman–Crippen MR) is 110 cm³/mol. The molecule has 0 spiro atoms. The molecule has 2 aromatic heterocycles. The molecule has 2 heterocycles. The normalized spacial score (nSPS) is 11.5. The molecule has 0 saturated heterocycles. The maximum absolute atomic E-state index is 13.4. The number of aromatic nitrogens is 1. The Kier molecular flexibility index (Phi) is 4.95. The molecule has 2 aromatic carbocycles. The number of amides is 1. The van der Waals surface area contributed by atoms with Gasteiger partial charge in [-0.1, -0.05) is 22.9 Å². The number of halogens is 1. The third kappa shape index (κ3) is 3.67. The molecule has 29 heavy (non-hydrogen) atoms. The third-order valence-corrected chi connectivity index (χ3v) is 6.76. The van der Waals surface area contributed by atoms with Crippen molar-refractivity contribution in [2.24, 2.45) is 0 Å². The lowest BCUT2D eigenvalue weighted by molar-refractivity contribution is 0.100. The highest BCUT2D eigenvalue weighted by molar-refractivity contribution is 7.93. The van der Waals surface area contributed by atoms with E-state index in [0.29, 0.717) is 19.6 Å². The fourth-order valence-electron chi connectivity index (χ4n) is 2.67. The van der Waals surface area contributed by atoms with E-state index in [9.17, 15) is 18.0 Å². The molecule has 0 unspecified atom stereocenters. The lowest BCUT2D eigenvalue weighted by Gasteiger charge is -2.22. The van der Waals surface area contributed by atoms with E-state index >= 15 is 0 Å². The van der Waals surface area contributed by atoms with Crippen molar-refractivity contribution in [3.8, 4) is 0 Å². The van der Waals surface area contributed by atoms with Crippen LogP contribution in [0.4, 0.5) is 5.69 Å². The Morgan fingerprint density at radius 2 is 1.86 bits per heavy atom. The van der Waals surface area contributed by atoms with Crippen molar-refractivity contribution in [2.75, 3.05) is 4.31 Å². The molecule has 10 heteroatoms. The van der Waals surface area contributed by atoms with Gasteiger partial charge in [0.1, 0.15) is 5.58 Å². The van der Waals surface area contributed by atoms with E-state index in [1.807, 2.05) is 0 Å². The van der Waals surface area contributed by atoms with Gasteiger partial charge in [0.05, 0.1) is 20.8 Å². The second-order valence-electron chi connectivity index (χ2n) is 5.86. The molecule has 7 nitrogen and oxygen atoms in total. The topological polar surface area (TPSA) is 97.6 Å². The largest absolute Gasteiger partial charge is 0.414 e. The van der Waals surface area contributed by atoms with Crippen molar-refractivity contribution in [3.05, 3.63) is 87.3 Å². The van der Waals surface area contributed by atoms with Crippen LogP contribution in [0.15, 0.2) is 81.1 Å². The number of pyridine rings is 1. The number of fused-ring (bicyclic) bond motifs is 1. The van der Waals surface area contributed by atoms with Crippen molar-refractivity contribution in [3.63, 3.8) is 0 Å². The summed E-state index contributed by atoms with van der Waals surface area (Å²) in [5, 5.41) is 0.360. The van der Waals surface area contributed by atoms with E-state index in [1.165, 1.54) is 67.0 Å². The molecule has 0 fully saturated rings. The van der Waals surface area contributed by atoms with Crippen LogP contribution in [-0.2, 0) is 10.0 Å². The van der Waals surface area contributed by atoms with Gasteiger partial charge in [0, 0.05) is 17.4 Å². The number of hydrogen-bond donors (Lipinski definition) is 0. The van der Waals surface area contributed by atoms with Crippen LogP contribution in [-0.4, -0.2) is 19.3 Å². The average molecular weight is 447 g/mol. The second kappa shape index (κ2) is 7.43. The Hall–Kier alpha value is -3.01. The summed E-state index contributed by atoms with van der Waals surface area (Å²) < 4.78 is 32.8. The maximum Gasteiger partial charge on any atom is 0.396 e. The molecule has 0 aliphatic rings. The molecule has 0 atom stereocenters. The highest BCUT2D eigenvalue weighted by atomic mass is 35.5. The Balaban J connectivity index is 1.91. The summed E-state index contributed by atoms with van der Waals surface area (Å²) in [4.78, 5) is 27.9. The van der Waals surface area contributed by atoms with Crippen molar-refractivity contribution >= 4 is 54.8 Å². The first-order valence-electron chi connectivity index (χ1n) is 8.15. The number of anilines is 1. The highest BCUT2D eigenvalue weighted by Gasteiger charge is 2.32. The molecular formula is C19H11ClN2O5S2. The molecule has 0 radical (unpaired) electrons. The van der Waals surface area contributed by atoms with Crippen molar-refractivity contribution in [1.82, 2.24) is 4.98 Å². The van der Waals surface area contributed by atoms with Crippen molar-refractivity contribution in [1.29, 1.82) is 0 Å². The quantitative estimate of drug-likeness (QED) is 0.471. The Morgan fingerprint density at radius 1 is 1.10 bits per heavy atom. The maximum atomic E-state index is 13.4. The molecule has 0 saturated carbocycles. The number of carbonyl (C=O) groups is 1. The summed E-state index contributed by atoms with van der Waals surface area (Å²) >= 11 is 6.68. The minimum Gasteiger partial charge on any atom is -0.414 e. The number of nitrogens with zero attached hydrogens (tertiary/aromatic N) is 2. The summed E-state index contributed by atoms with van der Waals surface area (Å²) in [6.45, 7) is 0. The summed E-state index contributed by atoms with van der Waals surface area (Å²) in [6, 6.07) is 12.8. The van der Waals surface area contributed by atoms with E-state index < -0.39 is 20.9 Å². The molecule has 0 bridgehead atoms. The van der Waals surface area contributed by atoms with Gasteiger partial charge < -0.3 is 4.42 Å². The molecule has 4 rings (SSSR count). The average Bonchev–Trinajstić information content (AvgIpc) is 3.08. The highest BCUT2D eigenvalue weighted by Crippen LogP contribution is 2.30. The minimum absolute atomic E-state index is 0.0679. The molecule has 0 N–H and O–H groups in total. The number of rotatable bonds is 4. The van der Waals surface area contributed by atoms with Crippen LogP contribution in [0.3, 0.4) is 0 Å². The molecule has 1 amide bonds. The van der Waals surface area contributed by atoms with E-state index in [2.05, 4.69) is 4.98 Å². The van der Waals surface area contributed by atoms with Crippen LogP contribution in [0.2, 0.25) is 5.02 Å². The molecular weight excluding hydrogens is 436 g/mol. The van der Waals surface area contributed by atoms with Gasteiger partial charge >= 0.3 is 4.94 Å². The van der Waals surface area contributed by atoms with Crippen LogP contribution in [0.25, 0.3) is 10.3 Å². The summed E-state index contributed by atoms with van der Waals surface area (Å²) in [6.07, 6.45) is 2.76. The lowest BCUT2D eigenvalue weighted by Crippen LogP contribution is -2.37. The van der Waals surface area contributed by atoms with Crippen molar-refractivity contribution in [2.45, 2.75) is 4.90 Å². The first-order valence-corrected chi connectivity index (χ1v) is 10.8. The van der Waals surface area contributed by atoms with Crippen LogP contribution >= 0.6 is 22.9 Å². The summed E-state index contributed by atoms with van der Waals surface area (Å²) in [7, 11) is -4.29. The summed E-state index contributed by atoms with van der Waals surface area (Å²) in [5.74, 6) is -0.789. The van der Waals surface area contributed by atoms with E-state index in [-0.39, 0.29) is 16.1 Å². The van der Waals surface area contributed by atoms with Crippen LogP contribution in [0.1, 0.15) is 10.4 Å². The van der Waals surface area contributed by atoms with Gasteiger partial charge in [-0.25, -0.2) is 13.2 Å². The summed E-state index contributed by atoms with van der Waals surface area (Å²) in [5.41, 5.74) is 0.463. The minimum atomic E-state index is -4.29. The second-order valence-corrected chi connectivity index (χ2v) is 9.06. The lowest BCUT2D eigenvalue weighted by atomic mass is 10.2. The Morgan fingerprint density at radius 3 is 2.55 bits per heavy atom. The van der Waals surface area contributed by atoms with Gasteiger partial charge in [-0.3, -0.25) is 9.78 Å². The van der Waals surface area contributed by atoms with Gasteiger partial charge in [-0.15, -0.1) is 0 Å². The number of carbonyl (C=O) groups excluding carboxylic acids is 1. The third-order valence-electron chi connectivity index (χ3n) is 3.99. The van der Waals surface area contributed by atoms with Gasteiger partial charge in [-0.05, 0) is 54.6 Å². The van der Waals surface area contributed by atoms with Crippen molar-refractivity contribution < 1.29 is 17.6 Å².